The summed E-state index contributed by atoms with van der Waals surface area (Å²) >= 11 is 0. The van der Waals surface area contributed by atoms with Crippen LogP contribution in [0.3, 0.4) is 0 Å². The van der Waals surface area contributed by atoms with Crippen molar-refractivity contribution in [2.75, 3.05) is 25.1 Å². The number of anilines is 1. The molecule has 0 bridgehead atoms. The Morgan fingerprint density at radius 1 is 1.24 bits per heavy atom. The van der Waals surface area contributed by atoms with Gasteiger partial charge in [0, 0.05) is 17.6 Å². The van der Waals surface area contributed by atoms with Crippen LogP contribution in [0.4, 0.5) is 10.5 Å². The second-order valence-corrected chi connectivity index (χ2v) is 5.91. The van der Waals surface area contributed by atoms with E-state index in [0.29, 0.717) is 19.8 Å². The van der Waals surface area contributed by atoms with Crippen molar-refractivity contribution in [1.82, 2.24) is 5.32 Å². The molecule has 2 rings (SSSR count). The monoisotopic (exact) mass is 292 g/mol. The van der Waals surface area contributed by atoms with Crippen LogP contribution in [0.1, 0.15) is 26.7 Å². The Hall–Kier alpha value is -1.59. The predicted molar refractivity (Wildman–Crippen MR) is 82.2 cm³/mol. The highest BCUT2D eigenvalue weighted by Gasteiger charge is 2.33. The van der Waals surface area contributed by atoms with E-state index in [1.54, 1.807) is 0 Å². The van der Waals surface area contributed by atoms with Crippen molar-refractivity contribution in [2.45, 2.75) is 33.0 Å². The van der Waals surface area contributed by atoms with E-state index in [2.05, 4.69) is 24.5 Å². The number of rotatable bonds is 6. The summed E-state index contributed by atoms with van der Waals surface area (Å²) in [6.07, 6.45) is 1.69. The van der Waals surface area contributed by atoms with Crippen LogP contribution < -0.4 is 10.6 Å². The van der Waals surface area contributed by atoms with Gasteiger partial charge in [0.15, 0.2) is 6.29 Å². The predicted octanol–water partition coefficient (Wildman–Crippen LogP) is 2.99. The van der Waals surface area contributed by atoms with E-state index in [9.17, 15) is 4.79 Å². The van der Waals surface area contributed by atoms with Crippen molar-refractivity contribution in [2.24, 2.45) is 5.41 Å². The van der Waals surface area contributed by atoms with Crippen LogP contribution in [0, 0.1) is 5.41 Å². The number of benzene rings is 1. The van der Waals surface area contributed by atoms with Gasteiger partial charge in [-0.25, -0.2) is 4.79 Å². The van der Waals surface area contributed by atoms with Crippen LogP contribution in [-0.2, 0) is 9.47 Å². The second-order valence-electron chi connectivity index (χ2n) is 5.91. The molecule has 21 heavy (non-hydrogen) atoms. The summed E-state index contributed by atoms with van der Waals surface area (Å²) in [7, 11) is 0. The topological polar surface area (TPSA) is 59.6 Å². The van der Waals surface area contributed by atoms with E-state index < -0.39 is 0 Å². The van der Waals surface area contributed by atoms with E-state index >= 15 is 0 Å². The molecule has 0 atom stereocenters. The lowest BCUT2D eigenvalue weighted by molar-refractivity contribution is -0.122. The van der Waals surface area contributed by atoms with E-state index in [1.807, 2.05) is 30.3 Å². The number of para-hydroxylation sites is 1. The van der Waals surface area contributed by atoms with Crippen LogP contribution in [0.5, 0.6) is 0 Å². The molecule has 5 nitrogen and oxygen atoms in total. The third-order valence-corrected chi connectivity index (χ3v) is 3.57. The fourth-order valence-electron chi connectivity index (χ4n) is 2.37. The molecule has 1 aromatic rings. The zero-order chi connectivity index (χ0) is 15.1. The first-order chi connectivity index (χ1) is 10.1. The fraction of sp³-hybridized carbons (Fsp3) is 0.562. The molecule has 1 saturated heterocycles. The molecule has 0 saturated carbocycles. The molecule has 1 fully saturated rings. The maximum atomic E-state index is 11.7. The minimum atomic E-state index is -0.174. The largest absolute Gasteiger partial charge is 0.350 e. The average molecular weight is 292 g/mol. The number of ether oxygens (including phenoxy) is 2. The highest BCUT2D eigenvalue weighted by atomic mass is 16.7. The summed E-state index contributed by atoms with van der Waals surface area (Å²) in [6, 6.07) is 9.24. The minimum Gasteiger partial charge on any atom is -0.350 e. The maximum absolute atomic E-state index is 11.7. The lowest BCUT2D eigenvalue weighted by Gasteiger charge is -2.29. The molecule has 1 aliphatic heterocycles. The van der Waals surface area contributed by atoms with Crippen molar-refractivity contribution >= 4 is 11.7 Å². The van der Waals surface area contributed by atoms with Gasteiger partial charge < -0.3 is 20.1 Å². The van der Waals surface area contributed by atoms with Crippen molar-refractivity contribution < 1.29 is 14.3 Å². The molecule has 0 aliphatic carbocycles. The first-order valence-electron chi connectivity index (χ1n) is 7.41. The average Bonchev–Trinajstić information content (AvgIpc) is 3.00. The first-order valence-corrected chi connectivity index (χ1v) is 7.41. The Bertz CT molecular complexity index is 442. The summed E-state index contributed by atoms with van der Waals surface area (Å²) in [5.41, 5.74) is 0.761. The summed E-state index contributed by atoms with van der Waals surface area (Å²) in [6.45, 7) is 6.24. The van der Waals surface area contributed by atoms with Gasteiger partial charge >= 0.3 is 6.03 Å². The summed E-state index contributed by atoms with van der Waals surface area (Å²) in [4.78, 5) is 11.7. The quantitative estimate of drug-likeness (QED) is 0.792. The summed E-state index contributed by atoms with van der Waals surface area (Å²) in [5, 5.41) is 5.66. The highest BCUT2D eigenvalue weighted by molar-refractivity contribution is 5.89. The van der Waals surface area contributed by atoms with Crippen LogP contribution in [-0.4, -0.2) is 32.1 Å². The number of carbonyl (C=O) groups excluding carboxylic acids is 1. The zero-order valence-corrected chi connectivity index (χ0v) is 12.7. The molecule has 2 N–H and O–H groups in total. The Morgan fingerprint density at radius 3 is 2.57 bits per heavy atom. The van der Waals surface area contributed by atoms with E-state index in [0.717, 1.165) is 18.5 Å². The number of urea groups is 1. The van der Waals surface area contributed by atoms with Gasteiger partial charge in [-0.05, 0) is 25.0 Å². The molecule has 0 spiro atoms. The lowest BCUT2D eigenvalue weighted by Crippen LogP contribution is -2.33. The van der Waals surface area contributed by atoms with Gasteiger partial charge in [0.25, 0.3) is 0 Å². The van der Waals surface area contributed by atoms with Crippen LogP contribution in [0.2, 0.25) is 0 Å². The first kappa shape index (κ1) is 15.8. The molecular weight excluding hydrogens is 268 g/mol. The molecule has 0 aromatic heterocycles. The normalized spacial score (nSPS) is 15.9. The number of hydrogen-bond acceptors (Lipinski definition) is 3. The minimum absolute atomic E-state index is 0.0336. The van der Waals surface area contributed by atoms with E-state index in [1.165, 1.54) is 0 Å². The van der Waals surface area contributed by atoms with Crippen molar-refractivity contribution in [1.29, 1.82) is 0 Å². The molecule has 1 heterocycles. The number of hydrogen-bond donors (Lipinski definition) is 2. The maximum Gasteiger partial charge on any atom is 0.319 e. The molecule has 1 aromatic carbocycles. The standard InChI is InChI=1S/C16H24N2O3/c1-16(2,14-20-11-12-21-14)9-6-10-17-15(19)18-13-7-4-3-5-8-13/h3-5,7-8,14H,6,9-12H2,1-2H3,(H2,17,18,19). The Balaban J connectivity index is 1.64. The van der Waals surface area contributed by atoms with Crippen LogP contribution in [0.25, 0.3) is 0 Å². The van der Waals surface area contributed by atoms with E-state index in [4.69, 9.17) is 9.47 Å². The van der Waals surface area contributed by atoms with Crippen LogP contribution in [0.15, 0.2) is 30.3 Å². The van der Waals surface area contributed by atoms with Gasteiger partial charge in [-0.1, -0.05) is 32.0 Å². The summed E-state index contributed by atoms with van der Waals surface area (Å²) in [5.74, 6) is 0. The zero-order valence-electron chi connectivity index (χ0n) is 12.7. The van der Waals surface area contributed by atoms with Gasteiger partial charge in [0.1, 0.15) is 0 Å². The van der Waals surface area contributed by atoms with Crippen LogP contribution >= 0.6 is 0 Å². The number of carbonyl (C=O) groups is 1. The number of amides is 2. The third kappa shape index (κ3) is 5.02. The Labute approximate surface area is 126 Å². The van der Waals surface area contributed by atoms with Crippen molar-refractivity contribution in [3.8, 4) is 0 Å². The summed E-state index contributed by atoms with van der Waals surface area (Å²) < 4.78 is 11.1. The molecule has 0 radical (unpaired) electrons. The Kier molecular flexibility index (Phi) is 5.59. The van der Waals surface area contributed by atoms with Gasteiger partial charge in [-0.2, -0.15) is 0 Å². The van der Waals surface area contributed by atoms with Gasteiger partial charge in [-0.15, -0.1) is 0 Å². The van der Waals surface area contributed by atoms with E-state index in [-0.39, 0.29) is 17.7 Å². The second kappa shape index (κ2) is 7.43. The van der Waals surface area contributed by atoms with Gasteiger partial charge in [0.05, 0.1) is 13.2 Å². The van der Waals surface area contributed by atoms with Gasteiger partial charge in [-0.3, -0.25) is 0 Å². The van der Waals surface area contributed by atoms with Crippen molar-refractivity contribution in [3.05, 3.63) is 30.3 Å². The molecule has 5 heteroatoms. The smallest absolute Gasteiger partial charge is 0.319 e. The Morgan fingerprint density at radius 2 is 1.90 bits per heavy atom. The highest BCUT2D eigenvalue weighted by Crippen LogP contribution is 2.31. The number of nitrogens with one attached hydrogen (secondary N) is 2. The molecule has 2 amide bonds. The van der Waals surface area contributed by atoms with Crippen molar-refractivity contribution in [3.63, 3.8) is 0 Å². The fourth-order valence-corrected chi connectivity index (χ4v) is 2.37. The molecular formula is C16H24N2O3. The SMILES string of the molecule is CC(C)(CCCNC(=O)Nc1ccccc1)C1OCCO1. The molecule has 1 aliphatic rings. The molecule has 0 unspecified atom stereocenters. The lowest BCUT2D eigenvalue weighted by atomic mass is 9.87. The third-order valence-electron chi connectivity index (χ3n) is 3.57. The van der Waals surface area contributed by atoms with Gasteiger partial charge in [0.2, 0.25) is 0 Å². The molecule has 116 valence electrons.